The SMILES string of the molecule is N#Cc1ccc(CNC(=O)c2cc3cc(Cl)ccc3[nH]2)cc1. The van der Waals surface area contributed by atoms with Crippen LogP contribution in [0.25, 0.3) is 10.9 Å². The van der Waals surface area contributed by atoms with E-state index in [9.17, 15) is 4.79 Å². The molecular weight excluding hydrogens is 298 g/mol. The number of nitrogens with zero attached hydrogens (tertiary/aromatic N) is 1. The highest BCUT2D eigenvalue weighted by Gasteiger charge is 2.09. The van der Waals surface area contributed by atoms with Crippen molar-refractivity contribution in [2.24, 2.45) is 0 Å². The fourth-order valence-electron chi connectivity index (χ4n) is 2.20. The Morgan fingerprint density at radius 2 is 1.95 bits per heavy atom. The number of benzene rings is 2. The number of carbonyl (C=O) groups excluding carboxylic acids is 1. The average Bonchev–Trinajstić information content (AvgIpc) is 2.96. The van der Waals surface area contributed by atoms with Gasteiger partial charge in [-0.3, -0.25) is 4.79 Å². The van der Waals surface area contributed by atoms with Crippen LogP contribution in [0.4, 0.5) is 0 Å². The zero-order valence-corrected chi connectivity index (χ0v) is 12.3. The van der Waals surface area contributed by atoms with E-state index in [1.807, 2.05) is 24.3 Å². The molecule has 1 aromatic heterocycles. The molecule has 4 nitrogen and oxygen atoms in total. The summed E-state index contributed by atoms with van der Waals surface area (Å²) in [7, 11) is 0. The number of aromatic nitrogens is 1. The van der Waals surface area contributed by atoms with Crippen LogP contribution in [0.1, 0.15) is 21.6 Å². The maximum atomic E-state index is 12.2. The number of hydrogen-bond donors (Lipinski definition) is 2. The molecule has 0 saturated heterocycles. The lowest BCUT2D eigenvalue weighted by atomic mass is 10.1. The Morgan fingerprint density at radius 1 is 1.18 bits per heavy atom. The first-order chi connectivity index (χ1) is 10.7. The standard InChI is InChI=1S/C17H12ClN3O/c18-14-5-6-15-13(7-14)8-16(21-15)17(22)20-10-12-3-1-11(9-19)2-4-12/h1-8,21H,10H2,(H,20,22). The lowest BCUT2D eigenvalue weighted by Gasteiger charge is -2.03. The van der Waals surface area contributed by atoms with Crippen molar-refractivity contribution in [3.63, 3.8) is 0 Å². The number of carbonyl (C=O) groups is 1. The summed E-state index contributed by atoms with van der Waals surface area (Å²) >= 11 is 5.94. The van der Waals surface area contributed by atoms with Gasteiger partial charge in [0.2, 0.25) is 0 Å². The van der Waals surface area contributed by atoms with Crippen LogP contribution >= 0.6 is 11.6 Å². The van der Waals surface area contributed by atoms with Crippen LogP contribution in [0.2, 0.25) is 5.02 Å². The molecule has 1 amide bonds. The lowest BCUT2D eigenvalue weighted by Crippen LogP contribution is -2.23. The third-order valence-electron chi connectivity index (χ3n) is 3.36. The molecule has 0 aliphatic rings. The zero-order valence-electron chi connectivity index (χ0n) is 11.6. The molecule has 2 aromatic carbocycles. The van der Waals surface area contributed by atoms with Crippen LogP contribution in [0, 0.1) is 11.3 Å². The molecule has 0 atom stereocenters. The van der Waals surface area contributed by atoms with Crippen LogP contribution in [0.15, 0.2) is 48.5 Å². The van der Waals surface area contributed by atoms with Crippen molar-refractivity contribution >= 4 is 28.4 Å². The normalized spacial score (nSPS) is 10.4. The Balaban J connectivity index is 1.71. The van der Waals surface area contributed by atoms with E-state index in [0.29, 0.717) is 22.8 Å². The summed E-state index contributed by atoms with van der Waals surface area (Å²) in [5.74, 6) is -0.184. The van der Waals surface area contributed by atoms with E-state index in [2.05, 4.69) is 16.4 Å². The predicted molar refractivity (Wildman–Crippen MR) is 85.6 cm³/mol. The molecule has 3 aromatic rings. The third kappa shape index (κ3) is 2.95. The van der Waals surface area contributed by atoms with Crippen LogP contribution in [0.3, 0.4) is 0 Å². The van der Waals surface area contributed by atoms with Crippen LogP contribution in [-0.4, -0.2) is 10.9 Å². The van der Waals surface area contributed by atoms with Crippen molar-refractivity contribution < 1.29 is 4.79 Å². The van der Waals surface area contributed by atoms with Crippen molar-refractivity contribution in [1.29, 1.82) is 5.26 Å². The fourth-order valence-corrected chi connectivity index (χ4v) is 2.38. The number of nitrogens with one attached hydrogen (secondary N) is 2. The fraction of sp³-hybridized carbons (Fsp3) is 0.0588. The van der Waals surface area contributed by atoms with Gasteiger partial charge < -0.3 is 10.3 Å². The van der Waals surface area contributed by atoms with Gasteiger partial charge in [0.1, 0.15) is 5.69 Å². The van der Waals surface area contributed by atoms with E-state index in [-0.39, 0.29) is 5.91 Å². The topological polar surface area (TPSA) is 68.7 Å². The van der Waals surface area contributed by atoms with Gasteiger partial charge >= 0.3 is 0 Å². The predicted octanol–water partition coefficient (Wildman–Crippen LogP) is 3.62. The second-order valence-electron chi connectivity index (χ2n) is 4.91. The van der Waals surface area contributed by atoms with Gasteiger partial charge in [-0.2, -0.15) is 5.26 Å². The summed E-state index contributed by atoms with van der Waals surface area (Å²) in [5.41, 5.74) is 2.90. The summed E-state index contributed by atoms with van der Waals surface area (Å²) in [6, 6.07) is 16.4. The van der Waals surface area contributed by atoms with Crippen molar-refractivity contribution in [3.8, 4) is 6.07 Å². The Labute approximate surface area is 132 Å². The first-order valence-electron chi connectivity index (χ1n) is 6.71. The number of rotatable bonds is 3. The molecule has 22 heavy (non-hydrogen) atoms. The Morgan fingerprint density at radius 3 is 2.68 bits per heavy atom. The summed E-state index contributed by atoms with van der Waals surface area (Å²) < 4.78 is 0. The van der Waals surface area contributed by atoms with E-state index >= 15 is 0 Å². The molecule has 0 unspecified atom stereocenters. The number of halogens is 1. The van der Waals surface area contributed by atoms with E-state index in [1.165, 1.54) is 0 Å². The summed E-state index contributed by atoms with van der Waals surface area (Å²) in [6.45, 7) is 0.403. The number of aromatic amines is 1. The molecule has 0 aliphatic heterocycles. The molecule has 2 N–H and O–H groups in total. The van der Waals surface area contributed by atoms with Gasteiger partial charge in [0.25, 0.3) is 5.91 Å². The van der Waals surface area contributed by atoms with Crippen LogP contribution < -0.4 is 5.32 Å². The lowest BCUT2D eigenvalue weighted by molar-refractivity contribution is 0.0947. The smallest absolute Gasteiger partial charge is 0.267 e. The molecule has 0 bridgehead atoms. The van der Waals surface area contributed by atoms with Gasteiger partial charge in [0.15, 0.2) is 0 Å². The quantitative estimate of drug-likeness (QED) is 0.775. The van der Waals surface area contributed by atoms with Crippen LogP contribution in [0.5, 0.6) is 0 Å². The molecular formula is C17H12ClN3O. The van der Waals surface area contributed by atoms with E-state index < -0.39 is 0 Å². The minimum atomic E-state index is -0.184. The van der Waals surface area contributed by atoms with Gasteiger partial charge in [-0.05, 0) is 42.0 Å². The van der Waals surface area contributed by atoms with Crippen LogP contribution in [-0.2, 0) is 6.54 Å². The minimum absolute atomic E-state index is 0.184. The summed E-state index contributed by atoms with van der Waals surface area (Å²) in [6.07, 6.45) is 0. The van der Waals surface area contributed by atoms with Gasteiger partial charge in [-0.15, -0.1) is 0 Å². The molecule has 0 radical (unpaired) electrons. The molecule has 3 rings (SSSR count). The number of hydrogen-bond acceptors (Lipinski definition) is 2. The van der Waals surface area contributed by atoms with Gasteiger partial charge in [-0.1, -0.05) is 23.7 Å². The van der Waals surface area contributed by atoms with Crippen molar-refractivity contribution in [2.45, 2.75) is 6.54 Å². The first-order valence-corrected chi connectivity index (χ1v) is 7.09. The molecule has 1 heterocycles. The van der Waals surface area contributed by atoms with Gasteiger partial charge in [0, 0.05) is 22.5 Å². The second kappa shape index (κ2) is 5.92. The second-order valence-corrected chi connectivity index (χ2v) is 5.34. The van der Waals surface area contributed by atoms with E-state index in [4.69, 9.17) is 16.9 Å². The summed E-state index contributed by atoms with van der Waals surface area (Å²) in [5, 5.41) is 13.1. The van der Waals surface area contributed by atoms with E-state index in [1.54, 1.807) is 24.3 Å². The number of fused-ring (bicyclic) bond motifs is 1. The zero-order chi connectivity index (χ0) is 15.5. The maximum Gasteiger partial charge on any atom is 0.267 e. The highest BCUT2D eigenvalue weighted by atomic mass is 35.5. The highest BCUT2D eigenvalue weighted by Crippen LogP contribution is 2.20. The van der Waals surface area contributed by atoms with Gasteiger partial charge in [0.05, 0.1) is 11.6 Å². The minimum Gasteiger partial charge on any atom is -0.351 e. The molecule has 0 spiro atoms. The van der Waals surface area contributed by atoms with E-state index in [0.717, 1.165) is 16.5 Å². The largest absolute Gasteiger partial charge is 0.351 e. The van der Waals surface area contributed by atoms with Gasteiger partial charge in [-0.25, -0.2) is 0 Å². The molecule has 0 fully saturated rings. The van der Waals surface area contributed by atoms with Crippen molar-refractivity contribution in [2.75, 3.05) is 0 Å². The third-order valence-corrected chi connectivity index (χ3v) is 3.60. The highest BCUT2D eigenvalue weighted by molar-refractivity contribution is 6.31. The molecule has 0 saturated carbocycles. The first kappa shape index (κ1) is 14.2. The maximum absolute atomic E-state index is 12.2. The Kier molecular flexibility index (Phi) is 3.82. The average molecular weight is 310 g/mol. The Hall–Kier alpha value is -2.77. The van der Waals surface area contributed by atoms with Crippen molar-refractivity contribution in [1.82, 2.24) is 10.3 Å². The Bertz CT molecular complexity index is 875. The number of H-pyrrole nitrogens is 1. The number of nitriles is 1. The number of amides is 1. The molecule has 0 aliphatic carbocycles. The van der Waals surface area contributed by atoms with Crippen molar-refractivity contribution in [3.05, 3.63) is 70.4 Å². The molecule has 108 valence electrons. The molecule has 5 heteroatoms. The monoisotopic (exact) mass is 309 g/mol. The summed E-state index contributed by atoms with van der Waals surface area (Å²) in [4.78, 5) is 15.2.